The van der Waals surface area contributed by atoms with Gasteiger partial charge in [0.05, 0.1) is 17.9 Å². The second-order valence-electron chi connectivity index (χ2n) is 4.25. The summed E-state index contributed by atoms with van der Waals surface area (Å²) in [6.45, 7) is 1.92. The first-order chi connectivity index (χ1) is 9.25. The van der Waals surface area contributed by atoms with E-state index in [0.717, 1.165) is 12.1 Å². The monoisotopic (exact) mass is 287 g/mol. The molecule has 1 rings (SSSR count). The van der Waals surface area contributed by atoms with E-state index >= 15 is 0 Å². The van der Waals surface area contributed by atoms with Gasteiger partial charge in [0.2, 0.25) is 0 Å². The van der Waals surface area contributed by atoms with Gasteiger partial charge in [0.1, 0.15) is 0 Å². The molecular formula is C14H16F3NO2. The summed E-state index contributed by atoms with van der Waals surface area (Å²) in [5.41, 5.74) is 0.267. The Morgan fingerprint density at radius 2 is 1.80 bits per heavy atom. The summed E-state index contributed by atoms with van der Waals surface area (Å²) in [7, 11) is 3.39. The van der Waals surface area contributed by atoms with E-state index in [1.807, 2.05) is 0 Å². The number of carbonyl (C=O) groups is 1. The molecule has 0 aliphatic rings. The Morgan fingerprint density at radius 3 is 2.20 bits per heavy atom. The van der Waals surface area contributed by atoms with Crippen molar-refractivity contribution in [2.75, 3.05) is 20.7 Å². The predicted molar refractivity (Wildman–Crippen MR) is 69.7 cm³/mol. The molecule has 0 saturated carbocycles. The highest BCUT2D eigenvalue weighted by Gasteiger charge is 2.30. The summed E-state index contributed by atoms with van der Waals surface area (Å²) in [4.78, 5) is 13.1. The predicted octanol–water partition coefficient (Wildman–Crippen LogP) is 3.17. The number of hydrogen-bond acceptors (Lipinski definition) is 3. The van der Waals surface area contributed by atoms with E-state index in [9.17, 15) is 18.0 Å². The second kappa shape index (κ2) is 6.45. The van der Waals surface area contributed by atoms with Gasteiger partial charge in [-0.25, -0.2) is 4.79 Å². The van der Waals surface area contributed by atoms with Gasteiger partial charge in [-0.3, -0.25) is 0 Å². The Kier molecular flexibility index (Phi) is 5.19. The van der Waals surface area contributed by atoms with Gasteiger partial charge in [0.15, 0.2) is 0 Å². The van der Waals surface area contributed by atoms with Crippen LogP contribution in [0.15, 0.2) is 30.3 Å². The summed E-state index contributed by atoms with van der Waals surface area (Å²) in [5, 5.41) is 0. The molecule has 6 heteroatoms. The third kappa shape index (κ3) is 4.29. The largest absolute Gasteiger partial charge is 0.463 e. The fourth-order valence-electron chi connectivity index (χ4n) is 1.60. The highest BCUT2D eigenvalue weighted by molar-refractivity contribution is 5.90. The maximum absolute atomic E-state index is 12.5. The van der Waals surface area contributed by atoms with Gasteiger partial charge in [0.25, 0.3) is 0 Å². The van der Waals surface area contributed by atoms with Crippen LogP contribution in [-0.4, -0.2) is 31.6 Å². The van der Waals surface area contributed by atoms with Gasteiger partial charge in [-0.05, 0) is 24.6 Å². The van der Waals surface area contributed by atoms with Crippen LogP contribution >= 0.6 is 0 Å². The zero-order valence-electron chi connectivity index (χ0n) is 11.5. The van der Waals surface area contributed by atoms with Crippen LogP contribution in [0.2, 0.25) is 0 Å². The molecule has 0 aliphatic heterocycles. The lowest BCUT2D eigenvalue weighted by Gasteiger charge is -2.18. The Hall–Kier alpha value is -1.98. The molecule has 1 aromatic carbocycles. The molecule has 0 unspecified atom stereocenters. The van der Waals surface area contributed by atoms with Crippen molar-refractivity contribution >= 4 is 11.7 Å². The molecule has 0 fully saturated rings. The van der Waals surface area contributed by atoms with E-state index in [-0.39, 0.29) is 6.61 Å². The molecule has 110 valence electrons. The summed E-state index contributed by atoms with van der Waals surface area (Å²) < 4.78 is 42.3. The minimum atomic E-state index is -4.37. The van der Waals surface area contributed by atoms with Crippen LogP contribution in [0.4, 0.5) is 13.2 Å². The van der Waals surface area contributed by atoms with Gasteiger partial charge < -0.3 is 9.64 Å². The van der Waals surface area contributed by atoms with Crippen LogP contribution in [0.1, 0.15) is 18.1 Å². The van der Waals surface area contributed by atoms with Crippen molar-refractivity contribution in [3.8, 4) is 0 Å². The molecule has 0 spiro atoms. The second-order valence-corrected chi connectivity index (χ2v) is 4.25. The summed E-state index contributed by atoms with van der Waals surface area (Å²) in [6.07, 6.45) is -3.12. The number of alkyl halides is 3. The van der Waals surface area contributed by atoms with Gasteiger partial charge in [-0.2, -0.15) is 13.2 Å². The number of nitrogens with zero attached hydrogens (tertiary/aromatic N) is 1. The molecule has 0 bridgehead atoms. The van der Waals surface area contributed by atoms with E-state index in [2.05, 4.69) is 0 Å². The van der Waals surface area contributed by atoms with E-state index in [4.69, 9.17) is 4.74 Å². The number of halogens is 3. The number of hydrogen-bond donors (Lipinski definition) is 0. The molecule has 0 saturated heterocycles. The zero-order chi connectivity index (χ0) is 15.3. The Balaban J connectivity index is 3.08. The van der Waals surface area contributed by atoms with Gasteiger partial charge >= 0.3 is 12.1 Å². The SMILES string of the molecule is CCOC(=O)/C=C(\c1ccc(C(F)(F)F)cc1)N(C)C. The third-order valence-corrected chi connectivity index (χ3v) is 2.53. The van der Waals surface area contributed by atoms with Crippen molar-refractivity contribution < 1.29 is 22.7 Å². The lowest BCUT2D eigenvalue weighted by Crippen LogP contribution is -2.13. The average Bonchev–Trinajstić information content (AvgIpc) is 2.35. The van der Waals surface area contributed by atoms with Crippen molar-refractivity contribution in [3.05, 3.63) is 41.5 Å². The van der Waals surface area contributed by atoms with Crippen LogP contribution in [0, 0.1) is 0 Å². The van der Waals surface area contributed by atoms with Crippen molar-refractivity contribution in [2.24, 2.45) is 0 Å². The Bertz CT molecular complexity index is 490. The van der Waals surface area contributed by atoms with Crippen molar-refractivity contribution in [3.63, 3.8) is 0 Å². The lowest BCUT2D eigenvalue weighted by atomic mass is 10.1. The fraction of sp³-hybridized carbons (Fsp3) is 0.357. The minimum Gasteiger partial charge on any atom is -0.463 e. The molecule has 3 nitrogen and oxygen atoms in total. The standard InChI is InChI=1S/C14H16F3NO2/c1-4-20-13(19)9-12(18(2)3)10-5-7-11(8-6-10)14(15,16)17/h5-9H,4H2,1-3H3/b12-9+. The van der Waals surface area contributed by atoms with Crippen LogP contribution in [-0.2, 0) is 15.7 Å². The number of esters is 1. The van der Waals surface area contributed by atoms with Crippen molar-refractivity contribution in [2.45, 2.75) is 13.1 Å². The maximum atomic E-state index is 12.5. The average molecular weight is 287 g/mol. The highest BCUT2D eigenvalue weighted by Crippen LogP contribution is 2.30. The van der Waals surface area contributed by atoms with E-state index in [0.29, 0.717) is 11.3 Å². The summed E-state index contributed by atoms with van der Waals surface area (Å²) in [5.74, 6) is -0.531. The molecule has 0 N–H and O–H groups in total. The van der Waals surface area contributed by atoms with Crippen molar-refractivity contribution in [1.29, 1.82) is 0 Å². The molecular weight excluding hydrogens is 271 g/mol. The lowest BCUT2D eigenvalue weighted by molar-refractivity contribution is -0.138. The Labute approximate surface area is 115 Å². The molecule has 0 atom stereocenters. The summed E-state index contributed by atoms with van der Waals surface area (Å²) in [6, 6.07) is 4.62. The van der Waals surface area contributed by atoms with Crippen LogP contribution in [0.3, 0.4) is 0 Å². The number of benzene rings is 1. The Morgan fingerprint density at radius 1 is 1.25 bits per heavy atom. The first kappa shape index (κ1) is 16.1. The topological polar surface area (TPSA) is 29.5 Å². The van der Waals surface area contributed by atoms with Gasteiger partial charge in [0, 0.05) is 20.2 Å². The highest BCUT2D eigenvalue weighted by atomic mass is 19.4. The van der Waals surface area contributed by atoms with Crippen molar-refractivity contribution in [1.82, 2.24) is 4.90 Å². The molecule has 0 heterocycles. The first-order valence-electron chi connectivity index (χ1n) is 5.99. The van der Waals surface area contributed by atoms with Gasteiger partial charge in [-0.15, -0.1) is 0 Å². The van der Waals surface area contributed by atoms with Crippen LogP contribution in [0.25, 0.3) is 5.70 Å². The molecule has 0 amide bonds. The van der Waals surface area contributed by atoms with E-state index < -0.39 is 17.7 Å². The number of rotatable bonds is 4. The van der Waals surface area contributed by atoms with Crippen LogP contribution < -0.4 is 0 Å². The maximum Gasteiger partial charge on any atom is 0.416 e. The first-order valence-corrected chi connectivity index (χ1v) is 5.99. The zero-order valence-corrected chi connectivity index (χ0v) is 11.5. The molecule has 0 radical (unpaired) electrons. The van der Waals surface area contributed by atoms with Crippen LogP contribution in [0.5, 0.6) is 0 Å². The van der Waals surface area contributed by atoms with E-state index in [1.54, 1.807) is 25.9 Å². The number of ether oxygens (including phenoxy) is 1. The molecule has 1 aromatic rings. The molecule has 0 aromatic heterocycles. The number of carbonyl (C=O) groups excluding carboxylic acids is 1. The molecule has 0 aliphatic carbocycles. The van der Waals surface area contributed by atoms with Gasteiger partial charge in [-0.1, -0.05) is 12.1 Å². The quantitative estimate of drug-likeness (QED) is 0.629. The fourth-order valence-corrected chi connectivity index (χ4v) is 1.60. The third-order valence-electron chi connectivity index (χ3n) is 2.53. The molecule has 20 heavy (non-hydrogen) atoms. The summed E-state index contributed by atoms with van der Waals surface area (Å²) >= 11 is 0. The normalized spacial score (nSPS) is 12.2. The van der Waals surface area contributed by atoms with E-state index in [1.165, 1.54) is 18.2 Å². The smallest absolute Gasteiger partial charge is 0.416 e. The minimum absolute atomic E-state index is 0.239.